The molecule has 0 N–H and O–H groups in total. The van der Waals surface area contributed by atoms with Gasteiger partial charge in [-0.25, -0.2) is 4.98 Å². The van der Waals surface area contributed by atoms with Crippen LogP contribution in [0.3, 0.4) is 0 Å². The van der Waals surface area contributed by atoms with E-state index in [0.29, 0.717) is 16.3 Å². The van der Waals surface area contributed by atoms with Gasteiger partial charge >= 0.3 is 0 Å². The van der Waals surface area contributed by atoms with E-state index >= 15 is 0 Å². The lowest BCUT2D eigenvalue weighted by Gasteiger charge is -2.16. The molecule has 0 fully saturated rings. The molecule has 1 aliphatic heterocycles. The Labute approximate surface area is 127 Å². The Hall–Kier alpha value is -2.32. The molecule has 1 aliphatic rings. The van der Waals surface area contributed by atoms with Crippen molar-refractivity contribution in [1.82, 2.24) is 4.98 Å². The third kappa shape index (κ3) is 2.76. The topological polar surface area (TPSA) is 57.0 Å². The second-order valence-corrected chi connectivity index (χ2v) is 5.64. The number of amides is 1. The van der Waals surface area contributed by atoms with Crippen LogP contribution in [0.15, 0.2) is 47.6 Å². The smallest absolute Gasteiger partial charge is 0.237 e. The summed E-state index contributed by atoms with van der Waals surface area (Å²) in [5.41, 5.74) is 2.73. The molecule has 0 bridgehead atoms. The van der Waals surface area contributed by atoms with Crippen LogP contribution in [0.25, 0.3) is 0 Å². The summed E-state index contributed by atoms with van der Waals surface area (Å²) < 4.78 is 0. The van der Waals surface area contributed by atoms with E-state index in [1.807, 2.05) is 23.1 Å². The van der Waals surface area contributed by atoms with E-state index < -0.39 is 0 Å². The lowest BCUT2D eigenvalue weighted by Crippen LogP contribution is -2.30. The van der Waals surface area contributed by atoms with Gasteiger partial charge in [-0.1, -0.05) is 30.0 Å². The summed E-state index contributed by atoms with van der Waals surface area (Å²) in [7, 11) is 0. The first-order valence-electron chi connectivity index (χ1n) is 6.66. The van der Waals surface area contributed by atoms with Crippen molar-refractivity contribution in [2.24, 2.45) is 0 Å². The molecule has 0 atom stereocenters. The van der Waals surface area contributed by atoms with Crippen LogP contribution in [-0.4, -0.2) is 23.2 Å². The summed E-state index contributed by atoms with van der Waals surface area (Å²) >= 11 is 1.32. The number of thioether (sulfide) groups is 1. The fraction of sp³-hybridized carbons (Fsp3) is 0.188. The molecule has 104 valence electrons. The summed E-state index contributed by atoms with van der Waals surface area (Å²) in [4.78, 5) is 18.4. The number of carbonyl (C=O) groups is 1. The zero-order chi connectivity index (χ0) is 14.7. The SMILES string of the molecule is N#Cc1cccnc1SCC(=O)N1CCc2ccccc21. The van der Waals surface area contributed by atoms with Gasteiger partial charge in [-0.3, -0.25) is 4.79 Å². The van der Waals surface area contributed by atoms with Crippen molar-refractivity contribution in [3.63, 3.8) is 0 Å². The molecule has 4 nitrogen and oxygen atoms in total. The summed E-state index contributed by atoms with van der Waals surface area (Å²) in [6.07, 6.45) is 2.54. The molecule has 1 aromatic heterocycles. The summed E-state index contributed by atoms with van der Waals surface area (Å²) in [5, 5.41) is 9.64. The minimum absolute atomic E-state index is 0.0551. The number of hydrogen-bond acceptors (Lipinski definition) is 4. The fourth-order valence-electron chi connectivity index (χ4n) is 2.40. The standard InChI is InChI=1S/C16H13N3OS/c17-10-13-5-3-8-18-16(13)21-11-15(20)19-9-7-12-4-1-2-6-14(12)19/h1-6,8H,7,9,11H2. The van der Waals surface area contributed by atoms with Gasteiger partial charge < -0.3 is 4.90 Å². The zero-order valence-corrected chi connectivity index (χ0v) is 12.1. The number of carbonyl (C=O) groups excluding carboxylic acids is 1. The second-order valence-electron chi connectivity index (χ2n) is 4.68. The number of pyridine rings is 1. The highest BCUT2D eigenvalue weighted by atomic mass is 32.2. The van der Waals surface area contributed by atoms with Crippen molar-refractivity contribution < 1.29 is 4.79 Å². The van der Waals surface area contributed by atoms with Crippen LogP contribution in [0.1, 0.15) is 11.1 Å². The van der Waals surface area contributed by atoms with E-state index in [1.165, 1.54) is 17.3 Å². The molecule has 0 aliphatic carbocycles. The number of nitriles is 1. The molecule has 0 unspecified atom stereocenters. The van der Waals surface area contributed by atoms with Crippen molar-refractivity contribution in [3.8, 4) is 6.07 Å². The van der Waals surface area contributed by atoms with E-state index in [0.717, 1.165) is 18.7 Å². The average molecular weight is 295 g/mol. The third-order valence-electron chi connectivity index (χ3n) is 3.41. The van der Waals surface area contributed by atoms with Crippen LogP contribution in [0, 0.1) is 11.3 Å². The van der Waals surface area contributed by atoms with Crippen molar-refractivity contribution in [3.05, 3.63) is 53.7 Å². The highest BCUT2D eigenvalue weighted by Crippen LogP contribution is 2.29. The van der Waals surface area contributed by atoms with E-state index in [4.69, 9.17) is 5.26 Å². The van der Waals surface area contributed by atoms with Crippen LogP contribution in [-0.2, 0) is 11.2 Å². The molecule has 0 spiro atoms. The lowest BCUT2D eigenvalue weighted by atomic mass is 10.2. The Bertz CT molecular complexity index is 723. The maximum atomic E-state index is 12.4. The molecule has 5 heteroatoms. The minimum Gasteiger partial charge on any atom is -0.311 e. The van der Waals surface area contributed by atoms with Gasteiger partial charge in [-0.15, -0.1) is 0 Å². The largest absolute Gasteiger partial charge is 0.311 e. The maximum Gasteiger partial charge on any atom is 0.237 e. The molecule has 3 rings (SSSR count). The number of nitrogens with zero attached hydrogens (tertiary/aromatic N) is 3. The Morgan fingerprint density at radius 1 is 1.33 bits per heavy atom. The third-order valence-corrected chi connectivity index (χ3v) is 4.40. The molecular weight excluding hydrogens is 282 g/mol. The van der Waals surface area contributed by atoms with E-state index in [2.05, 4.69) is 17.1 Å². The van der Waals surface area contributed by atoms with E-state index in [-0.39, 0.29) is 5.91 Å². The molecule has 0 radical (unpaired) electrons. The van der Waals surface area contributed by atoms with Crippen molar-refractivity contribution >= 4 is 23.4 Å². The van der Waals surface area contributed by atoms with Gasteiger partial charge in [0.1, 0.15) is 11.1 Å². The molecule has 2 aromatic rings. The van der Waals surface area contributed by atoms with Gasteiger partial charge in [0, 0.05) is 18.4 Å². The van der Waals surface area contributed by atoms with Gasteiger partial charge in [-0.2, -0.15) is 5.26 Å². The van der Waals surface area contributed by atoms with Crippen LogP contribution in [0.4, 0.5) is 5.69 Å². The Morgan fingerprint density at radius 3 is 3.05 bits per heavy atom. The first kappa shape index (κ1) is 13.7. The number of fused-ring (bicyclic) bond motifs is 1. The van der Waals surface area contributed by atoms with E-state index in [9.17, 15) is 4.79 Å². The monoisotopic (exact) mass is 295 g/mol. The number of anilines is 1. The van der Waals surface area contributed by atoms with Gasteiger partial charge in [-0.05, 0) is 30.2 Å². The normalized spacial score (nSPS) is 12.8. The Balaban J connectivity index is 1.70. The molecule has 1 aromatic carbocycles. The zero-order valence-electron chi connectivity index (χ0n) is 11.3. The van der Waals surface area contributed by atoms with Gasteiger partial charge in [0.25, 0.3) is 0 Å². The fourth-order valence-corrected chi connectivity index (χ4v) is 3.22. The molecule has 0 saturated carbocycles. The lowest BCUT2D eigenvalue weighted by molar-refractivity contribution is -0.116. The van der Waals surface area contributed by atoms with Crippen LogP contribution < -0.4 is 4.90 Å². The van der Waals surface area contributed by atoms with Crippen LogP contribution in [0.5, 0.6) is 0 Å². The molecule has 0 saturated heterocycles. The number of hydrogen-bond donors (Lipinski definition) is 0. The van der Waals surface area contributed by atoms with E-state index in [1.54, 1.807) is 18.3 Å². The van der Waals surface area contributed by atoms with Crippen molar-refractivity contribution in [2.75, 3.05) is 17.2 Å². The first-order chi connectivity index (χ1) is 10.3. The number of rotatable bonds is 3. The highest BCUT2D eigenvalue weighted by Gasteiger charge is 2.24. The predicted molar refractivity (Wildman–Crippen MR) is 82.2 cm³/mol. The van der Waals surface area contributed by atoms with Crippen LogP contribution >= 0.6 is 11.8 Å². The number of benzene rings is 1. The van der Waals surface area contributed by atoms with Gasteiger partial charge in [0.05, 0.1) is 11.3 Å². The summed E-state index contributed by atoms with van der Waals surface area (Å²) in [6, 6.07) is 13.5. The maximum absolute atomic E-state index is 12.4. The minimum atomic E-state index is 0.0551. The predicted octanol–water partition coefficient (Wildman–Crippen LogP) is 2.63. The summed E-state index contributed by atoms with van der Waals surface area (Å²) in [5.74, 6) is 0.347. The van der Waals surface area contributed by atoms with Gasteiger partial charge in [0.15, 0.2) is 0 Å². The molecule has 1 amide bonds. The van der Waals surface area contributed by atoms with Crippen molar-refractivity contribution in [1.29, 1.82) is 5.26 Å². The van der Waals surface area contributed by atoms with Gasteiger partial charge in [0.2, 0.25) is 5.91 Å². The van der Waals surface area contributed by atoms with Crippen molar-refractivity contribution in [2.45, 2.75) is 11.4 Å². The number of para-hydroxylation sites is 1. The Kier molecular flexibility index (Phi) is 3.89. The number of aromatic nitrogens is 1. The quantitative estimate of drug-likeness (QED) is 0.817. The molecular formula is C16H13N3OS. The first-order valence-corrected chi connectivity index (χ1v) is 7.64. The molecule has 21 heavy (non-hydrogen) atoms. The second kappa shape index (κ2) is 5.98. The highest BCUT2D eigenvalue weighted by molar-refractivity contribution is 8.00. The van der Waals surface area contributed by atoms with Crippen LogP contribution in [0.2, 0.25) is 0 Å². The molecule has 2 heterocycles. The summed E-state index contributed by atoms with van der Waals surface area (Å²) in [6.45, 7) is 0.728. The average Bonchev–Trinajstić information content (AvgIpc) is 2.97. The Morgan fingerprint density at radius 2 is 2.19 bits per heavy atom.